The number of carbonyl (C=O) groups is 3. The molecular weight excluding hydrogens is 358 g/mol. The number of esters is 3. The molecule has 0 aliphatic rings. The molecule has 27 heavy (non-hydrogen) atoms. The zero-order valence-corrected chi connectivity index (χ0v) is 14.5. The average molecular weight is 373 g/mol. The van der Waals surface area contributed by atoms with Crippen LogP contribution in [0, 0.1) is 10.1 Å². The van der Waals surface area contributed by atoms with Crippen LogP contribution in [-0.4, -0.2) is 36.5 Å². The molecule has 0 spiro atoms. The van der Waals surface area contributed by atoms with Crippen LogP contribution >= 0.6 is 0 Å². The number of hydrogen-bond donors (Lipinski definition) is 0. The number of hydrogen-bond acceptors (Lipinski definition) is 8. The quantitative estimate of drug-likeness (QED) is 0.328. The number of rotatable bonds is 6. The molecule has 0 fully saturated rings. The summed E-state index contributed by atoms with van der Waals surface area (Å²) < 4.78 is 14.5. The summed E-state index contributed by atoms with van der Waals surface area (Å²) in [6.45, 7) is 1.66. The molecule has 2 aromatic carbocycles. The number of ether oxygens (including phenoxy) is 3. The number of benzene rings is 2. The Kier molecular flexibility index (Phi) is 6.21. The van der Waals surface area contributed by atoms with Crippen LogP contribution in [0.4, 0.5) is 5.69 Å². The predicted octanol–water partition coefficient (Wildman–Crippen LogP) is 2.78. The van der Waals surface area contributed by atoms with Crippen LogP contribution in [0.15, 0.2) is 42.5 Å². The fourth-order valence-corrected chi connectivity index (χ4v) is 2.11. The number of nitrogens with zero attached hydrogens (tertiary/aromatic N) is 1. The Bertz CT molecular complexity index is 889. The van der Waals surface area contributed by atoms with Gasteiger partial charge in [0.25, 0.3) is 5.69 Å². The maximum absolute atomic E-state index is 12.3. The number of nitro benzene ring substituents is 1. The first-order chi connectivity index (χ1) is 12.8. The molecule has 0 aliphatic carbocycles. The maximum atomic E-state index is 12.3. The summed E-state index contributed by atoms with van der Waals surface area (Å²) in [6, 6.07) is 8.68. The minimum atomic E-state index is -0.907. The molecule has 9 heteroatoms. The molecule has 0 N–H and O–H groups in total. The molecule has 0 amide bonds. The summed E-state index contributed by atoms with van der Waals surface area (Å²) in [5, 5.41) is 11.1. The normalized spacial score (nSPS) is 10.0. The van der Waals surface area contributed by atoms with Crippen molar-refractivity contribution < 1.29 is 33.5 Å². The van der Waals surface area contributed by atoms with Gasteiger partial charge in [0.05, 0.1) is 35.3 Å². The second kappa shape index (κ2) is 8.56. The second-order valence-electron chi connectivity index (χ2n) is 5.15. The molecule has 0 radical (unpaired) electrons. The lowest BCUT2D eigenvalue weighted by molar-refractivity contribution is -0.384. The van der Waals surface area contributed by atoms with Crippen molar-refractivity contribution >= 4 is 23.6 Å². The average Bonchev–Trinajstić information content (AvgIpc) is 2.67. The van der Waals surface area contributed by atoms with Gasteiger partial charge in [-0.15, -0.1) is 0 Å². The van der Waals surface area contributed by atoms with Crippen LogP contribution in [0.5, 0.6) is 5.75 Å². The lowest BCUT2D eigenvalue weighted by Crippen LogP contribution is -2.12. The van der Waals surface area contributed by atoms with E-state index in [1.165, 1.54) is 31.4 Å². The van der Waals surface area contributed by atoms with Crippen molar-refractivity contribution in [3.8, 4) is 5.75 Å². The Hall–Kier alpha value is -3.75. The van der Waals surface area contributed by atoms with E-state index in [0.29, 0.717) is 0 Å². The molecule has 0 aromatic heterocycles. The van der Waals surface area contributed by atoms with Gasteiger partial charge in [-0.3, -0.25) is 10.1 Å². The topological polar surface area (TPSA) is 122 Å². The van der Waals surface area contributed by atoms with E-state index < -0.39 is 28.5 Å². The smallest absolute Gasteiger partial charge is 0.343 e. The van der Waals surface area contributed by atoms with Crippen molar-refractivity contribution in [2.24, 2.45) is 0 Å². The third-order valence-electron chi connectivity index (χ3n) is 3.36. The third-order valence-corrected chi connectivity index (χ3v) is 3.36. The van der Waals surface area contributed by atoms with Gasteiger partial charge in [-0.1, -0.05) is 0 Å². The van der Waals surface area contributed by atoms with Crippen molar-refractivity contribution in [3.63, 3.8) is 0 Å². The molecule has 0 aliphatic heterocycles. The van der Waals surface area contributed by atoms with Crippen molar-refractivity contribution in [2.75, 3.05) is 13.7 Å². The Balaban J connectivity index is 2.28. The molecule has 0 unspecified atom stereocenters. The maximum Gasteiger partial charge on any atom is 0.343 e. The standard InChI is InChI=1S/C18H15NO8/c1-3-26-17(21)12-8-13(10-14(9-12)19(23)24)18(22)27-15-6-4-11(5-7-15)16(20)25-2/h4-10H,3H2,1-2H3. The SMILES string of the molecule is CCOC(=O)c1cc(C(=O)Oc2ccc(C(=O)OC)cc2)cc([N+](=O)[O-])c1. The molecule has 2 aromatic rings. The number of non-ortho nitro benzene ring substituents is 1. The van der Waals surface area contributed by atoms with E-state index >= 15 is 0 Å². The first-order valence-corrected chi connectivity index (χ1v) is 7.73. The Labute approximate surface area is 153 Å². The molecule has 0 saturated carbocycles. The van der Waals surface area contributed by atoms with Gasteiger partial charge in [0, 0.05) is 12.1 Å². The minimum absolute atomic E-state index is 0.0772. The van der Waals surface area contributed by atoms with Crippen LogP contribution in [0.2, 0.25) is 0 Å². The van der Waals surface area contributed by atoms with Gasteiger partial charge in [-0.05, 0) is 37.3 Å². The highest BCUT2D eigenvalue weighted by molar-refractivity contribution is 5.97. The third kappa shape index (κ3) is 4.88. The van der Waals surface area contributed by atoms with Crippen LogP contribution in [0.25, 0.3) is 0 Å². The van der Waals surface area contributed by atoms with Crippen molar-refractivity contribution in [2.45, 2.75) is 6.92 Å². The van der Waals surface area contributed by atoms with Crippen molar-refractivity contribution in [1.29, 1.82) is 0 Å². The zero-order valence-electron chi connectivity index (χ0n) is 14.5. The van der Waals surface area contributed by atoms with Gasteiger partial charge in [0.15, 0.2) is 0 Å². The molecule has 2 rings (SSSR count). The highest BCUT2D eigenvalue weighted by Gasteiger charge is 2.20. The van der Waals surface area contributed by atoms with Crippen LogP contribution in [0.3, 0.4) is 0 Å². The Morgan fingerprint density at radius 2 is 1.52 bits per heavy atom. The summed E-state index contributed by atoms with van der Waals surface area (Å²) in [5.74, 6) is -2.14. The molecular formula is C18H15NO8. The van der Waals surface area contributed by atoms with Gasteiger partial charge < -0.3 is 14.2 Å². The summed E-state index contributed by atoms with van der Waals surface area (Å²) in [5.41, 5.74) is -0.519. The van der Waals surface area contributed by atoms with E-state index in [1.54, 1.807) is 6.92 Å². The number of methoxy groups -OCH3 is 1. The number of carbonyl (C=O) groups excluding carboxylic acids is 3. The summed E-state index contributed by atoms with van der Waals surface area (Å²) >= 11 is 0. The van der Waals surface area contributed by atoms with Gasteiger partial charge >= 0.3 is 17.9 Å². The molecule has 0 saturated heterocycles. The van der Waals surface area contributed by atoms with Crippen molar-refractivity contribution in [3.05, 3.63) is 69.3 Å². The van der Waals surface area contributed by atoms with E-state index in [4.69, 9.17) is 9.47 Å². The van der Waals surface area contributed by atoms with E-state index in [0.717, 1.165) is 18.2 Å². The lowest BCUT2D eigenvalue weighted by Gasteiger charge is -2.07. The highest BCUT2D eigenvalue weighted by Crippen LogP contribution is 2.21. The highest BCUT2D eigenvalue weighted by atomic mass is 16.6. The van der Waals surface area contributed by atoms with Crippen molar-refractivity contribution in [1.82, 2.24) is 0 Å². The van der Waals surface area contributed by atoms with Gasteiger partial charge in [-0.2, -0.15) is 0 Å². The zero-order chi connectivity index (χ0) is 20.0. The molecule has 9 nitrogen and oxygen atoms in total. The molecule has 0 bridgehead atoms. The van der Waals surface area contributed by atoms with Gasteiger partial charge in [0.1, 0.15) is 5.75 Å². The fourth-order valence-electron chi connectivity index (χ4n) is 2.11. The Morgan fingerprint density at radius 3 is 2.04 bits per heavy atom. The van der Waals surface area contributed by atoms with E-state index in [-0.39, 0.29) is 29.0 Å². The summed E-state index contributed by atoms with van der Waals surface area (Å²) in [7, 11) is 1.24. The Morgan fingerprint density at radius 1 is 0.926 bits per heavy atom. The summed E-state index contributed by atoms with van der Waals surface area (Å²) in [6.07, 6.45) is 0. The first kappa shape index (κ1) is 19.6. The molecule has 0 atom stereocenters. The van der Waals surface area contributed by atoms with Crippen LogP contribution < -0.4 is 4.74 Å². The minimum Gasteiger partial charge on any atom is -0.465 e. The van der Waals surface area contributed by atoms with E-state index in [1.807, 2.05) is 0 Å². The fraction of sp³-hybridized carbons (Fsp3) is 0.167. The second-order valence-corrected chi connectivity index (χ2v) is 5.15. The van der Waals surface area contributed by atoms with Crippen LogP contribution in [-0.2, 0) is 9.47 Å². The lowest BCUT2D eigenvalue weighted by atomic mass is 10.1. The predicted molar refractivity (Wildman–Crippen MR) is 91.8 cm³/mol. The van der Waals surface area contributed by atoms with Gasteiger partial charge in [-0.25, -0.2) is 14.4 Å². The van der Waals surface area contributed by atoms with E-state index in [2.05, 4.69) is 4.74 Å². The molecule has 140 valence electrons. The van der Waals surface area contributed by atoms with Crippen LogP contribution in [0.1, 0.15) is 38.0 Å². The monoisotopic (exact) mass is 373 g/mol. The largest absolute Gasteiger partial charge is 0.465 e. The summed E-state index contributed by atoms with van der Waals surface area (Å²) in [4.78, 5) is 45.9. The molecule has 0 heterocycles. The first-order valence-electron chi connectivity index (χ1n) is 7.73. The number of nitro groups is 1. The van der Waals surface area contributed by atoms with E-state index in [9.17, 15) is 24.5 Å². The van der Waals surface area contributed by atoms with Gasteiger partial charge in [0.2, 0.25) is 0 Å².